The zero-order chi connectivity index (χ0) is 19.2. The van der Waals surface area contributed by atoms with E-state index in [1.807, 2.05) is 6.92 Å². The van der Waals surface area contributed by atoms with Crippen LogP contribution in [0.3, 0.4) is 0 Å². The Morgan fingerprint density at radius 3 is 2.36 bits per heavy atom. The lowest BCUT2D eigenvalue weighted by molar-refractivity contribution is -0.142. The van der Waals surface area contributed by atoms with Gasteiger partial charge in [0.25, 0.3) is 0 Å². The molecule has 0 spiro atoms. The lowest BCUT2D eigenvalue weighted by Crippen LogP contribution is -2.35. The van der Waals surface area contributed by atoms with E-state index in [4.69, 9.17) is 0 Å². The van der Waals surface area contributed by atoms with Crippen LogP contribution in [0.15, 0.2) is 18.2 Å². The molecule has 1 amide bonds. The summed E-state index contributed by atoms with van der Waals surface area (Å²) in [5.41, 5.74) is 0.437. The number of rotatable bonds is 7. The predicted octanol–water partition coefficient (Wildman–Crippen LogP) is 3.93. The van der Waals surface area contributed by atoms with Crippen LogP contribution in [-0.2, 0) is 20.9 Å². The second kappa shape index (κ2) is 8.92. The number of carbonyl (C=O) groups is 2. The molecule has 1 unspecified atom stereocenters. The molecule has 0 aliphatic heterocycles. The zero-order valence-electron chi connectivity index (χ0n) is 15.6. The SMILES string of the molecule is COC(=O)CCN(Cc1ccc(F)c(F)c1)C(=O)CC(C)C(C)(C)C. The number of benzene rings is 1. The maximum Gasteiger partial charge on any atom is 0.307 e. The Kier molecular flexibility index (Phi) is 7.52. The first kappa shape index (κ1) is 21.1. The zero-order valence-corrected chi connectivity index (χ0v) is 15.6. The van der Waals surface area contributed by atoms with E-state index < -0.39 is 17.6 Å². The maximum absolute atomic E-state index is 13.4. The molecule has 140 valence electrons. The molecule has 0 aliphatic rings. The minimum atomic E-state index is -0.957. The molecule has 0 bridgehead atoms. The van der Waals surface area contributed by atoms with Crippen molar-refractivity contribution in [1.82, 2.24) is 4.90 Å². The van der Waals surface area contributed by atoms with Crippen molar-refractivity contribution in [2.75, 3.05) is 13.7 Å². The van der Waals surface area contributed by atoms with E-state index in [1.165, 1.54) is 18.1 Å². The van der Waals surface area contributed by atoms with E-state index in [9.17, 15) is 18.4 Å². The number of hydrogen-bond donors (Lipinski definition) is 0. The van der Waals surface area contributed by atoms with Gasteiger partial charge >= 0.3 is 5.97 Å². The highest BCUT2D eigenvalue weighted by Gasteiger charge is 2.25. The number of amides is 1. The molecule has 0 radical (unpaired) electrons. The van der Waals surface area contributed by atoms with Gasteiger partial charge in [0.05, 0.1) is 13.5 Å². The molecule has 0 heterocycles. The van der Waals surface area contributed by atoms with Gasteiger partial charge in [-0.1, -0.05) is 33.8 Å². The first-order valence-electron chi connectivity index (χ1n) is 8.33. The average Bonchev–Trinajstić information content (AvgIpc) is 2.53. The number of ether oxygens (including phenoxy) is 1. The van der Waals surface area contributed by atoms with Crippen molar-refractivity contribution in [1.29, 1.82) is 0 Å². The Bertz CT molecular complexity index is 611. The molecule has 4 nitrogen and oxygen atoms in total. The summed E-state index contributed by atoms with van der Waals surface area (Å²) < 4.78 is 31.1. The van der Waals surface area contributed by atoms with Crippen molar-refractivity contribution >= 4 is 11.9 Å². The third kappa shape index (κ3) is 6.80. The molecular formula is C19H27F2NO3. The number of hydrogen-bond acceptors (Lipinski definition) is 3. The first-order chi connectivity index (χ1) is 11.5. The highest BCUT2D eigenvalue weighted by atomic mass is 19.2. The van der Waals surface area contributed by atoms with Crippen LogP contribution >= 0.6 is 0 Å². The van der Waals surface area contributed by atoms with Gasteiger partial charge in [-0.25, -0.2) is 8.78 Å². The second-order valence-corrected chi connectivity index (χ2v) is 7.36. The number of methoxy groups -OCH3 is 1. The van der Waals surface area contributed by atoms with Gasteiger partial charge in [-0.3, -0.25) is 9.59 Å². The van der Waals surface area contributed by atoms with Gasteiger partial charge in [-0.05, 0) is 29.0 Å². The minimum absolute atomic E-state index is 0.0360. The Balaban J connectivity index is 2.89. The molecule has 0 aliphatic carbocycles. The minimum Gasteiger partial charge on any atom is -0.469 e. The number of halogens is 2. The van der Waals surface area contributed by atoms with Crippen LogP contribution in [0.5, 0.6) is 0 Å². The van der Waals surface area contributed by atoms with Gasteiger partial charge in [0.1, 0.15) is 0 Å². The Morgan fingerprint density at radius 1 is 1.20 bits per heavy atom. The fourth-order valence-corrected chi connectivity index (χ4v) is 2.18. The molecular weight excluding hydrogens is 328 g/mol. The monoisotopic (exact) mass is 355 g/mol. The highest BCUT2D eigenvalue weighted by molar-refractivity contribution is 5.77. The van der Waals surface area contributed by atoms with Gasteiger partial charge in [0.15, 0.2) is 11.6 Å². The van der Waals surface area contributed by atoms with Crippen molar-refractivity contribution in [2.45, 2.75) is 47.1 Å². The van der Waals surface area contributed by atoms with Crippen LogP contribution in [-0.4, -0.2) is 30.4 Å². The molecule has 0 N–H and O–H groups in total. The van der Waals surface area contributed by atoms with E-state index in [-0.39, 0.29) is 36.8 Å². The Hall–Kier alpha value is -1.98. The molecule has 0 saturated heterocycles. The number of nitrogens with zero attached hydrogens (tertiary/aromatic N) is 1. The molecule has 1 aromatic carbocycles. The maximum atomic E-state index is 13.4. The summed E-state index contributed by atoms with van der Waals surface area (Å²) in [6.45, 7) is 8.44. The van der Waals surface area contributed by atoms with Crippen LogP contribution in [0.1, 0.15) is 46.1 Å². The number of esters is 1. The summed E-state index contributed by atoms with van der Waals surface area (Å²) in [5, 5.41) is 0. The average molecular weight is 355 g/mol. The summed E-state index contributed by atoms with van der Waals surface area (Å²) in [4.78, 5) is 25.6. The lowest BCUT2D eigenvalue weighted by atomic mass is 9.80. The first-order valence-corrected chi connectivity index (χ1v) is 8.33. The van der Waals surface area contributed by atoms with E-state index >= 15 is 0 Å². The highest BCUT2D eigenvalue weighted by Crippen LogP contribution is 2.28. The smallest absolute Gasteiger partial charge is 0.307 e. The molecule has 0 fully saturated rings. The van der Waals surface area contributed by atoms with Gasteiger partial charge in [-0.2, -0.15) is 0 Å². The van der Waals surface area contributed by atoms with Gasteiger partial charge in [-0.15, -0.1) is 0 Å². The van der Waals surface area contributed by atoms with Gasteiger partial charge in [0, 0.05) is 19.5 Å². The van der Waals surface area contributed by atoms with Crippen LogP contribution in [0.2, 0.25) is 0 Å². The third-order valence-corrected chi connectivity index (χ3v) is 4.48. The van der Waals surface area contributed by atoms with Crippen molar-refractivity contribution in [3.8, 4) is 0 Å². The van der Waals surface area contributed by atoms with Crippen LogP contribution in [0.25, 0.3) is 0 Å². The van der Waals surface area contributed by atoms with Crippen molar-refractivity contribution in [2.24, 2.45) is 11.3 Å². The standard InChI is InChI=1S/C19H27F2NO3/c1-13(19(2,3)4)10-17(23)22(9-8-18(24)25-5)12-14-6-7-15(20)16(21)11-14/h6-7,11,13H,8-10,12H2,1-5H3. The van der Waals surface area contributed by atoms with Crippen molar-refractivity contribution < 1.29 is 23.1 Å². The summed E-state index contributed by atoms with van der Waals surface area (Å²) in [5.74, 6) is -2.31. The quantitative estimate of drug-likeness (QED) is 0.696. The second-order valence-electron chi connectivity index (χ2n) is 7.36. The fraction of sp³-hybridized carbons (Fsp3) is 0.579. The van der Waals surface area contributed by atoms with Crippen molar-refractivity contribution in [3.05, 3.63) is 35.4 Å². The van der Waals surface area contributed by atoms with Gasteiger partial charge in [0.2, 0.25) is 5.91 Å². The van der Waals surface area contributed by atoms with Crippen LogP contribution < -0.4 is 0 Å². The molecule has 1 aromatic rings. The Morgan fingerprint density at radius 2 is 1.84 bits per heavy atom. The normalized spacial score (nSPS) is 12.6. The topological polar surface area (TPSA) is 46.6 Å². The van der Waals surface area contributed by atoms with E-state index in [0.29, 0.717) is 12.0 Å². The third-order valence-electron chi connectivity index (χ3n) is 4.48. The van der Waals surface area contributed by atoms with E-state index in [1.54, 1.807) is 0 Å². The largest absolute Gasteiger partial charge is 0.469 e. The summed E-state index contributed by atoms with van der Waals surface area (Å²) in [6, 6.07) is 3.54. The fourth-order valence-electron chi connectivity index (χ4n) is 2.18. The van der Waals surface area contributed by atoms with E-state index in [2.05, 4.69) is 25.5 Å². The summed E-state index contributed by atoms with van der Waals surface area (Å²) in [7, 11) is 1.28. The van der Waals surface area contributed by atoms with Crippen LogP contribution in [0.4, 0.5) is 8.78 Å². The molecule has 25 heavy (non-hydrogen) atoms. The molecule has 1 rings (SSSR count). The lowest BCUT2D eigenvalue weighted by Gasteiger charge is -2.30. The summed E-state index contributed by atoms with van der Waals surface area (Å²) >= 11 is 0. The van der Waals surface area contributed by atoms with Crippen LogP contribution in [0, 0.1) is 23.0 Å². The van der Waals surface area contributed by atoms with Gasteiger partial charge < -0.3 is 9.64 Å². The number of carbonyl (C=O) groups excluding carboxylic acids is 2. The Labute approximate surface area is 148 Å². The molecule has 1 atom stereocenters. The summed E-state index contributed by atoms with van der Waals surface area (Å²) in [6.07, 6.45) is 0.365. The molecule has 6 heteroatoms. The van der Waals surface area contributed by atoms with E-state index in [0.717, 1.165) is 12.1 Å². The van der Waals surface area contributed by atoms with Crippen molar-refractivity contribution in [3.63, 3.8) is 0 Å². The molecule has 0 saturated carbocycles. The predicted molar refractivity (Wildman–Crippen MR) is 91.6 cm³/mol. The molecule has 0 aromatic heterocycles.